The van der Waals surface area contributed by atoms with Gasteiger partial charge in [0, 0.05) is 39.3 Å². The van der Waals surface area contributed by atoms with Crippen molar-refractivity contribution in [1.82, 2.24) is 14.5 Å². The summed E-state index contributed by atoms with van der Waals surface area (Å²) in [5, 5.41) is 3.13. The van der Waals surface area contributed by atoms with Gasteiger partial charge in [-0.05, 0) is 6.42 Å². The van der Waals surface area contributed by atoms with Crippen molar-refractivity contribution in [2.45, 2.75) is 19.4 Å². The Labute approximate surface area is 120 Å². The van der Waals surface area contributed by atoms with E-state index in [-0.39, 0.29) is 11.7 Å². The molecule has 0 spiro atoms. The number of amides is 1. The smallest absolute Gasteiger partial charge is 0.253 e. The molecule has 1 atom stereocenters. The molecule has 0 aromatic rings. The molecule has 7 nitrogen and oxygen atoms in total. The molecule has 2 rings (SSSR count). The van der Waals surface area contributed by atoms with Crippen LogP contribution in [0.25, 0.3) is 0 Å². The van der Waals surface area contributed by atoms with Crippen molar-refractivity contribution < 1.29 is 17.9 Å². The van der Waals surface area contributed by atoms with E-state index < -0.39 is 16.1 Å². The van der Waals surface area contributed by atoms with Gasteiger partial charge in [0.25, 0.3) is 5.91 Å². The van der Waals surface area contributed by atoms with Crippen molar-refractivity contribution in [2.75, 3.05) is 51.6 Å². The van der Waals surface area contributed by atoms with E-state index in [1.165, 1.54) is 4.31 Å². The second-order valence-corrected chi connectivity index (χ2v) is 7.19. The third-order valence-electron chi connectivity index (χ3n) is 3.61. The summed E-state index contributed by atoms with van der Waals surface area (Å²) in [6, 6.07) is 0. The molecule has 2 saturated heterocycles. The highest BCUT2D eigenvalue weighted by Gasteiger charge is 2.32. The number of piperazine rings is 1. The van der Waals surface area contributed by atoms with Crippen molar-refractivity contribution in [3.8, 4) is 0 Å². The maximum Gasteiger partial charge on any atom is 0.253 e. The molecule has 0 radical (unpaired) electrons. The molecular weight excluding hydrogens is 282 g/mol. The van der Waals surface area contributed by atoms with Gasteiger partial charge in [-0.2, -0.15) is 4.31 Å². The Morgan fingerprint density at radius 2 is 2.00 bits per heavy atom. The van der Waals surface area contributed by atoms with Crippen LogP contribution in [0.3, 0.4) is 0 Å². The minimum Gasteiger partial charge on any atom is -0.366 e. The van der Waals surface area contributed by atoms with Gasteiger partial charge in [-0.1, -0.05) is 6.92 Å². The number of carbonyl (C=O) groups excluding carboxylic acids is 1. The van der Waals surface area contributed by atoms with Crippen LogP contribution in [0.1, 0.15) is 13.3 Å². The van der Waals surface area contributed by atoms with Crippen LogP contribution in [0, 0.1) is 0 Å². The Morgan fingerprint density at radius 3 is 2.55 bits per heavy atom. The Hall–Kier alpha value is -0.700. The topological polar surface area (TPSA) is 79.0 Å². The normalized spacial score (nSPS) is 25.6. The molecule has 0 aromatic carbocycles. The predicted octanol–water partition coefficient (Wildman–Crippen LogP) is -1.14. The molecule has 2 fully saturated rings. The van der Waals surface area contributed by atoms with Crippen LogP contribution in [-0.2, 0) is 19.6 Å². The monoisotopic (exact) mass is 305 g/mol. The van der Waals surface area contributed by atoms with Crippen LogP contribution in [0.2, 0.25) is 0 Å². The summed E-state index contributed by atoms with van der Waals surface area (Å²) in [5.41, 5.74) is 0. The minimum absolute atomic E-state index is 0.0373. The van der Waals surface area contributed by atoms with Gasteiger partial charge in [-0.3, -0.25) is 4.79 Å². The number of nitrogens with one attached hydrogen (secondary N) is 1. The summed E-state index contributed by atoms with van der Waals surface area (Å²) in [5.74, 6) is 0.140. The average Bonchev–Trinajstić information content (AvgIpc) is 2.47. The standard InChI is InChI=1S/C12H23N3O4S/c1-2-9-20(17,18)15-6-4-14(5-7-15)12(16)11-10-13-3-8-19-11/h11,13H,2-10H2,1H3. The first kappa shape index (κ1) is 15.7. The third kappa shape index (κ3) is 3.69. The van der Waals surface area contributed by atoms with Crippen LogP contribution in [0.15, 0.2) is 0 Å². The second-order valence-electron chi connectivity index (χ2n) is 5.10. The van der Waals surface area contributed by atoms with E-state index in [1.807, 2.05) is 6.92 Å². The SMILES string of the molecule is CCCS(=O)(=O)N1CCN(C(=O)C2CNCCO2)CC1. The number of morpholine rings is 1. The number of carbonyl (C=O) groups is 1. The fourth-order valence-electron chi connectivity index (χ4n) is 2.50. The highest BCUT2D eigenvalue weighted by atomic mass is 32.2. The Morgan fingerprint density at radius 1 is 1.30 bits per heavy atom. The highest BCUT2D eigenvalue weighted by molar-refractivity contribution is 7.89. The maximum absolute atomic E-state index is 12.2. The fourth-order valence-corrected chi connectivity index (χ4v) is 4.00. The molecule has 1 N–H and O–H groups in total. The molecule has 1 amide bonds. The summed E-state index contributed by atoms with van der Waals surface area (Å²) in [7, 11) is -3.16. The number of sulfonamides is 1. The third-order valence-corrected chi connectivity index (χ3v) is 5.68. The largest absolute Gasteiger partial charge is 0.366 e. The molecule has 116 valence electrons. The van der Waals surface area contributed by atoms with Crippen molar-refractivity contribution >= 4 is 15.9 Å². The predicted molar refractivity (Wildman–Crippen MR) is 74.8 cm³/mol. The Bertz CT molecular complexity index is 426. The first-order chi connectivity index (χ1) is 9.54. The van der Waals surface area contributed by atoms with Gasteiger partial charge in [0.15, 0.2) is 0 Å². The molecule has 0 aromatic heterocycles. The van der Waals surface area contributed by atoms with E-state index >= 15 is 0 Å². The lowest BCUT2D eigenvalue weighted by Crippen LogP contribution is -2.56. The molecule has 8 heteroatoms. The van der Waals surface area contributed by atoms with Crippen LogP contribution >= 0.6 is 0 Å². The summed E-state index contributed by atoms with van der Waals surface area (Å²) in [6.45, 7) is 5.36. The zero-order valence-corrected chi connectivity index (χ0v) is 12.7. The van der Waals surface area contributed by atoms with Gasteiger partial charge in [0.2, 0.25) is 10.0 Å². The Balaban J connectivity index is 1.86. The van der Waals surface area contributed by atoms with Gasteiger partial charge < -0.3 is 15.0 Å². The van der Waals surface area contributed by atoms with Gasteiger partial charge in [0.1, 0.15) is 6.10 Å². The quantitative estimate of drug-likeness (QED) is 0.710. The summed E-state index contributed by atoms with van der Waals surface area (Å²) < 4.78 is 30.8. The van der Waals surface area contributed by atoms with Gasteiger partial charge in [-0.15, -0.1) is 0 Å². The lowest BCUT2D eigenvalue weighted by Gasteiger charge is -2.36. The second kappa shape index (κ2) is 6.84. The van der Waals surface area contributed by atoms with Crippen molar-refractivity contribution in [2.24, 2.45) is 0 Å². The van der Waals surface area contributed by atoms with Crippen LogP contribution in [-0.4, -0.2) is 81.3 Å². The molecule has 20 heavy (non-hydrogen) atoms. The summed E-state index contributed by atoms with van der Waals surface area (Å²) in [6.07, 6.45) is 0.186. The number of rotatable bonds is 4. The Kier molecular flexibility index (Phi) is 5.36. The number of hydrogen-bond donors (Lipinski definition) is 1. The van der Waals surface area contributed by atoms with E-state index in [4.69, 9.17) is 4.74 Å². The lowest BCUT2D eigenvalue weighted by molar-refractivity contribution is -0.146. The summed E-state index contributed by atoms with van der Waals surface area (Å²) in [4.78, 5) is 13.9. The number of hydrogen-bond acceptors (Lipinski definition) is 5. The highest BCUT2D eigenvalue weighted by Crippen LogP contribution is 2.11. The lowest BCUT2D eigenvalue weighted by atomic mass is 10.2. The molecule has 1 unspecified atom stereocenters. The maximum atomic E-state index is 12.2. The molecule has 0 bridgehead atoms. The van der Waals surface area contributed by atoms with E-state index in [9.17, 15) is 13.2 Å². The zero-order chi connectivity index (χ0) is 14.6. The van der Waals surface area contributed by atoms with Crippen molar-refractivity contribution in [3.63, 3.8) is 0 Å². The molecular formula is C12H23N3O4S. The molecule has 0 aliphatic carbocycles. The van der Waals surface area contributed by atoms with Gasteiger partial charge >= 0.3 is 0 Å². The van der Waals surface area contributed by atoms with Gasteiger partial charge in [0.05, 0.1) is 12.4 Å². The van der Waals surface area contributed by atoms with E-state index in [0.717, 1.165) is 6.54 Å². The number of ether oxygens (including phenoxy) is 1. The first-order valence-corrected chi connectivity index (χ1v) is 8.74. The fraction of sp³-hybridized carbons (Fsp3) is 0.917. The average molecular weight is 305 g/mol. The van der Waals surface area contributed by atoms with E-state index in [1.54, 1.807) is 4.90 Å². The minimum atomic E-state index is -3.16. The molecule has 0 saturated carbocycles. The van der Waals surface area contributed by atoms with Gasteiger partial charge in [-0.25, -0.2) is 8.42 Å². The summed E-state index contributed by atoms with van der Waals surface area (Å²) >= 11 is 0. The first-order valence-electron chi connectivity index (χ1n) is 7.13. The van der Waals surface area contributed by atoms with Crippen molar-refractivity contribution in [3.05, 3.63) is 0 Å². The molecule has 2 heterocycles. The molecule has 2 aliphatic heterocycles. The van der Waals surface area contributed by atoms with E-state index in [0.29, 0.717) is 45.8 Å². The van der Waals surface area contributed by atoms with Crippen LogP contribution in [0.4, 0.5) is 0 Å². The zero-order valence-electron chi connectivity index (χ0n) is 11.9. The number of nitrogens with zero attached hydrogens (tertiary/aromatic N) is 2. The van der Waals surface area contributed by atoms with E-state index in [2.05, 4.69) is 5.32 Å². The van der Waals surface area contributed by atoms with Crippen LogP contribution in [0.5, 0.6) is 0 Å². The van der Waals surface area contributed by atoms with Crippen molar-refractivity contribution in [1.29, 1.82) is 0 Å². The molecule has 2 aliphatic rings. The van der Waals surface area contributed by atoms with Crippen LogP contribution < -0.4 is 5.32 Å².